The van der Waals surface area contributed by atoms with Gasteiger partial charge in [-0.3, -0.25) is 0 Å². The highest BCUT2D eigenvalue weighted by Crippen LogP contribution is 2.23. The van der Waals surface area contributed by atoms with Gasteiger partial charge in [-0.05, 0) is 51.6 Å². The van der Waals surface area contributed by atoms with Gasteiger partial charge < -0.3 is 20.6 Å². The van der Waals surface area contributed by atoms with Gasteiger partial charge >= 0.3 is 6.09 Å². The fourth-order valence-electron chi connectivity index (χ4n) is 3.74. The topological polar surface area (TPSA) is 88.2 Å². The molecule has 6 heteroatoms. The quantitative estimate of drug-likeness (QED) is 0.226. The van der Waals surface area contributed by atoms with Crippen molar-refractivity contribution in [2.45, 2.75) is 13.0 Å². The molecule has 0 saturated heterocycles. The van der Waals surface area contributed by atoms with E-state index in [1.807, 2.05) is 30.3 Å². The van der Waals surface area contributed by atoms with Crippen LogP contribution in [0.15, 0.2) is 59.8 Å². The highest BCUT2D eigenvalue weighted by molar-refractivity contribution is 6.01. The summed E-state index contributed by atoms with van der Waals surface area (Å²) in [4.78, 5) is 13.5. The van der Waals surface area contributed by atoms with Crippen LogP contribution in [-0.2, 0) is 17.7 Å². The lowest BCUT2D eigenvalue weighted by atomic mass is 9.97. The smallest absolute Gasteiger partial charge is 0.409 e. The van der Waals surface area contributed by atoms with E-state index in [2.05, 4.69) is 41.6 Å². The Bertz CT molecular complexity index is 1170. The molecule has 0 aliphatic carbocycles. The summed E-state index contributed by atoms with van der Waals surface area (Å²) in [7, 11) is 1.41. The first-order valence-electron chi connectivity index (χ1n) is 9.72. The lowest BCUT2D eigenvalue weighted by molar-refractivity contribution is 0.118. The number of amidine groups is 1. The molecule has 0 radical (unpaired) electrons. The summed E-state index contributed by atoms with van der Waals surface area (Å²) < 4.78 is 4.82. The maximum atomic E-state index is 11.7. The summed E-state index contributed by atoms with van der Waals surface area (Å²) in [6, 6.07) is 18.2. The van der Waals surface area contributed by atoms with Crippen molar-refractivity contribution in [3.8, 4) is 0 Å². The molecule has 0 aromatic heterocycles. The molecule has 152 valence electrons. The van der Waals surface area contributed by atoms with E-state index in [-0.39, 0.29) is 11.9 Å². The van der Waals surface area contributed by atoms with Gasteiger partial charge in [-0.25, -0.2) is 4.79 Å². The van der Waals surface area contributed by atoms with E-state index in [1.54, 1.807) is 4.90 Å². The summed E-state index contributed by atoms with van der Waals surface area (Å²) in [6.07, 6.45) is 4.73. The van der Waals surface area contributed by atoms with Crippen LogP contribution in [0.2, 0.25) is 0 Å². The molecule has 0 bridgehead atoms. The third-order valence-corrected chi connectivity index (χ3v) is 5.41. The molecule has 1 heterocycles. The Morgan fingerprint density at radius 1 is 1.03 bits per heavy atom. The van der Waals surface area contributed by atoms with Crippen molar-refractivity contribution in [3.05, 3.63) is 82.4 Å². The van der Waals surface area contributed by atoms with Gasteiger partial charge in [-0.2, -0.15) is 0 Å². The number of rotatable bonds is 3. The Kier molecular flexibility index (Phi) is 5.39. The molecule has 3 aromatic rings. The number of carbonyl (C=O) groups is 1. The highest BCUT2D eigenvalue weighted by Gasteiger charge is 2.20. The van der Waals surface area contributed by atoms with E-state index in [1.165, 1.54) is 12.7 Å². The fourth-order valence-corrected chi connectivity index (χ4v) is 3.74. The first-order valence-corrected chi connectivity index (χ1v) is 9.72. The number of methoxy groups -OCH3 is 1. The first kappa shape index (κ1) is 19.5. The number of fused-ring (bicyclic) bond motifs is 2. The van der Waals surface area contributed by atoms with Gasteiger partial charge in [-0.1, -0.05) is 59.8 Å². The van der Waals surface area contributed by atoms with Crippen LogP contribution in [0.3, 0.4) is 0 Å². The monoisotopic (exact) mass is 401 g/mol. The maximum absolute atomic E-state index is 11.7. The van der Waals surface area contributed by atoms with Gasteiger partial charge in [0.15, 0.2) is 5.84 Å². The molecule has 0 fully saturated rings. The summed E-state index contributed by atoms with van der Waals surface area (Å²) in [5.41, 5.74) is 11.0. The average molecular weight is 401 g/mol. The molecule has 30 heavy (non-hydrogen) atoms. The van der Waals surface area contributed by atoms with Gasteiger partial charge in [0, 0.05) is 18.7 Å². The minimum atomic E-state index is -0.278. The number of hydrogen-bond acceptors (Lipinski definition) is 4. The van der Waals surface area contributed by atoms with Gasteiger partial charge in [-0.15, -0.1) is 0 Å². The third kappa shape index (κ3) is 3.98. The normalized spacial score (nSPS) is 14.2. The predicted molar refractivity (Wildman–Crippen MR) is 118 cm³/mol. The van der Waals surface area contributed by atoms with Crippen LogP contribution in [0.1, 0.15) is 27.8 Å². The maximum Gasteiger partial charge on any atom is 0.409 e. The molecule has 0 atom stereocenters. The lowest BCUT2D eigenvalue weighted by Crippen LogP contribution is -2.35. The second-order valence-corrected chi connectivity index (χ2v) is 7.31. The number of nitrogens with zero attached hydrogens (tertiary/aromatic N) is 2. The Hall–Kier alpha value is -3.80. The molecular formula is C24H23N3O3. The van der Waals surface area contributed by atoms with Crippen molar-refractivity contribution in [3.63, 3.8) is 0 Å². The highest BCUT2D eigenvalue weighted by atomic mass is 16.5. The summed E-state index contributed by atoms with van der Waals surface area (Å²) >= 11 is 0. The predicted octanol–water partition coefficient (Wildman–Crippen LogP) is 4.23. The van der Waals surface area contributed by atoms with Crippen molar-refractivity contribution in [2.24, 2.45) is 10.9 Å². The molecule has 1 amide bonds. The SMILES string of the molecule is COC(=O)N1CCc2cc(C=Cc3ccc4cc(C(N)=NO)ccc4c3)ccc2C1. The van der Waals surface area contributed by atoms with Crippen LogP contribution in [0.25, 0.3) is 22.9 Å². The van der Waals surface area contributed by atoms with Crippen LogP contribution in [-0.4, -0.2) is 35.7 Å². The van der Waals surface area contributed by atoms with Crippen LogP contribution in [0.4, 0.5) is 4.79 Å². The van der Waals surface area contributed by atoms with E-state index >= 15 is 0 Å². The zero-order valence-corrected chi connectivity index (χ0v) is 16.7. The van der Waals surface area contributed by atoms with Crippen molar-refractivity contribution in [2.75, 3.05) is 13.7 Å². The molecule has 4 rings (SSSR count). The number of benzene rings is 3. The number of oxime groups is 1. The third-order valence-electron chi connectivity index (χ3n) is 5.41. The van der Waals surface area contributed by atoms with E-state index in [0.29, 0.717) is 18.7 Å². The Balaban J connectivity index is 1.52. The molecule has 0 unspecified atom stereocenters. The lowest BCUT2D eigenvalue weighted by Gasteiger charge is -2.27. The van der Waals surface area contributed by atoms with E-state index in [4.69, 9.17) is 15.7 Å². The molecule has 6 nitrogen and oxygen atoms in total. The second kappa shape index (κ2) is 8.29. The van der Waals surface area contributed by atoms with Gasteiger partial charge in [0.05, 0.1) is 7.11 Å². The standard InChI is InChI=1S/C24H23N3O3/c1-30-24(28)27-11-10-20-13-17(5-7-22(20)15-27)3-2-16-4-6-19-14-21(23(25)26-29)9-8-18(19)12-16/h2-9,12-14,29H,10-11,15H2,1H3,(H2,25,26). The molecule has 3 N–H and O–H groups in total. The van der Waals surface area contributed by atoms with Crippen molar-refractivity contribution in [1.82, 2.24) is 4.90 Å². The molecule has 1 aliphatic rings. The molecule has 0 saturated carbocycles. The van der Waals surface area contributed by atoms with Crippen LogP contribution >= 0.6 is 0 Å². The zero-order valence-electron chi connectivity index (χ0n) is 16.7. The molecular weight excluding hydrogens is 378 g/mol. The van der Waals surface area contributed by atoms with E-state index in [9.17, 15) is 4.79 Å². The second-order valence-electron chi connectivity index (χ2n) is 7.31. The molecule has 0 spiro atoms. The largest absolute Gasteiger partial charge is 0.453 e. The zero-order chi connectivity index (χ0) is 21.1. The fraction of sp³-hybridized carbons (Fsp3) is 0.167. The van der Waals surface area contributed by atoms with Crippen LogP contribution in [0.5, 0.6) is 0 Å². The minimum absolute atomic E-state index is 0.1000. The Labute approximate surface area is 174 Å². The molecule has 1 aliphatic heterocycles. The summed E-state index contributed by atoms with van der Waals surface area (Å²) in [5.74, 6) is 0.1000. The number of nitrogens with two attached hydrogens (primary N) is 1. The summed E-state index contributed by atoms with van der Waals surface area (Å²) in [6.45, 7) is 1.26. The number of ether oxygens (including phenoxy) is 1. The first-order chi connectivity index (χ1) is 14.6. The minimum Gasteiger partial charge on any atom is -0.453 e. The molecule has 3 aromatic carbocycles. The number of hydrogen-bond donors (Lipinski definition) is 2. The van der Waals surface area contributed by atoms with Gasteiger partial charge in [0.2, 0.25) is 0 Å². The van der Waals surface area contributed by atoms with Crippen LogP contribution in [0, 0.1) is 0 Å². The Morgan fingerprint density at radius 3 is 2.50 bits per heavy atom. The summed E-state index contributed by atoms with van der Waals surface area (Å²) in [5, 5.41) is 14.0. The van der Waals surface area contributed by atoms with E-state index in [0.717, 1.165) is 33.9 Å². The Morgan fingerprint density at radius 2 is 1.73 bits per heavy atom. The van der Waals surface area contributed by atoms with Gasteiger partial charge in [0.1, 0.15) is 0 Å². The van der Waals surface area contributed by atoms with Crippen molar-refractivity contribution >= 4 is 34.9 Å². The van der Waals surface area contributed by atoms with Crippen molar-refractivity contribution in [1.29, 1.82) is 0 Å². The number of carbonyl (C=O) groups excluding carboxylic acids is 1. The van der Waals surface area contributed by atoms with Crippen molar-refractivity contribution < 1.29 is 14.7 Å². The van der Waals surface area contributed by atoms with Gasteiger partial charge in [0.25, 0.3) is 0 Å². The van der Waals surface area contributed by atoms with Crippen LogP contribution < -0.4 is 5.73 Å². The number of amides is 1. The van der Waals surface area contributed by atoms with E-state index < -0.39 is 0 Å². The average Bonchev–Trinajstić information content (AvgIpc) is 2.80.